The van der Waals surface area contributed by atoms with Gasteiger partial charge in [-0.1, -0.05) is 26.8 Å². The summed E-state index contributed by atoms with van der Waals surface area (Å²) in [6, 6.07) is 7.57. The lowest BCUT2D eigenvalue weighted by molar-refractivity contribution is -0.387. The first kappa shape index (κ1) is 24.3. The summed E-state index contributed by atoms with van der Waals surface area (Å²) >= 11 is 0. The molecular formula is C23H29NO7. The van der Waals surface area contributed by atoms with Crippen LogP contribution in [0.25, 0.3) is 0 Å². The van der Waals surface area contributed by atoms with E-state index in [-0.39, 0.29) is 41.8 Å². The number of carbonyl (C=O) groups is 2. The normalized spacial score (nSPS) is 11.9. The quantitative estimate of drug-likeness (QED) is 0.224. The molecule has 1 heterocycles. The summed E-state index contributed by atoms with van der Waals surface area (Å²) in [6.07, 6.45) is 0.616. The smallest absolute Gasteiger partial charge is 0.374 e. The molecule has 0 radical (unpaired) electrons. The molecule has 0 unspecified atom stereocenters. The fraction of sp³-hybridized carbons (Fsp3) is 0.478. The summed E-state index contributed by atoms with van der Waals surface area (Å²) in [7, 11) is 0. The van der Waals surface area contributed by atoms with E-state index >= 15 is 0 Å². The van der Waals surface area contributed by atoms with Gasteiger partial charge in [0.05, 0.1) is 28.3 Å². The monoisotopic (exact) mass is 431 g/mol. The maximum atomic E-state index is 12.5. The summed E-state index contributed by atoms with van der Waals surface area (Å²) in [5, 5.41) is 11.6. The van der Waals surface area contributed by atoms with Crippen molar-refractivity contribution in [2.75, 3.05) is 0 Å². The predicted molar refractivity (Wildman–Crippen MR) is 114 cm³/mol. The van der Waals surface area contributed by atoms with Crippen LogP contribution < -0.4 is 0 Å². The summed E-state index contributed by atoms with van der Waals surface area (Å²) in [6.45, 7) is 10.8. The number of nitrogens with zero attached hydrogens (tertiary/aromatic N) is 1. The number of para-hydroxylation sites is 1. The zero-order valence-corrected chi connectivity index (χ0v) is 18.8. The molecule has 0 aliphatic rings. The predicted octanol–water partition coefficient (Wildman–Crippen LogP) is 5.48. The molecule has 31 heavy (non-hydrogen) atoms. The first-order chi connectivity index (χ1) is 14.4. The van der Waals surface area contributed by atoms with Crippen molar-refractivity contribution in [3.05, 3.63) is 63.1 Å². The molecule has 168 valence electrons. The first-order valence-electron chi connectivity index (χ1n) is 10.1. The Balaban J connectivity index is 2.15. The molecule has 0 amide bonds. The van der Waals surface area contributed by atoms with Crippen molar-refractivity contribution in [2.24, 2.45) is 5.41 Å². The maximum Gasteiger partial charge on any atom is 0.374 e. The van der Waals surface area contributed by atoms with E-state index in [1.165, 1.54) is 18.2 Å². The number of ketones is 1. The highest BCUT2D eigenvalue weighted by Gasteiger charge is 2.30. The first-order valence-corrected chi connectivity index (χ1v) is 10.1. The van der Waals surface area contributed by atoms with Gasteiger partial charge >= 0.3 is 5.97 Å². The Morgan fingerprint density at radius 3 is 2.13 bits per heavy atom. The van der Waals surface area contributed by atoms with Crippen molar-refractivity contribution in [3.8, 4) is 0 Å². The average molecular weight is 431 g/mol. The largest absolute Gasteiger partial charge is 0.455 e. The number of benzene rings is 1. The Morgan fingerprint density at radius 1 is 1.00 bits per heavy atom. The molecule has 0 aliphatic heterocycles. The highest BCUT2D eigenvalue weighted by molar-refractivity contribution is 5.98. The molecule has 0 bridgehead atoms. The lowest BCUT2D eigenvalue weighted by Gasteiger charge is -2.19. The van der Waals surface area contributed by atoms with Crippen molar-refractivity contribution < 1.29 is 28.4 Å². The second kappa shape index (κ2) is 9.43. The van der Waals surface area contributed by atoms with E-state index in [4.69, 9.17) is 13.9 Å². The highest BCUT2D eigenvalue weighted by atomic mass is 16.6. The van der Waals surface area contributed by atoms with Gasteiger partial charge in [0, 0.05) is 5.41 Å². The number of carbonyl (C=O) groups excluding carboxylic acids is 2. The van der Waals surface area contributed by atoms with Crippen LogP contribution in [0.2, 0.25) is 0 Å². The van der Waals surface area contributed by atoms with E-state index < -0.39 is 21.9 Å². The second-order valence-electron chi connectivity index (χ2n) is 8.89. The number of nitro benzene ring substituents is 1. The van der Waals surface area contributed by atoms with Gasteiger partial charge in [-0.15, -0.1) is 0 Å². The van der Waals surface area contributed by atoms with E-state index in [1.807, 2.05) is 27.7 Å². The van der Waals surface area contributed by atoms with E-state index in [0.717, 1.165) is 0 Å². The van der Waals surface area contributed by atoms with E-state index in [0.29, 0.717) is 12.0 Å². The van der Waals surface area contributed by atoms with Crippen LogP contribution in [0.1, 0.15) is 80.2 Å². The molecule has 0 N–H and O–H groups in total. The highest BCUT2D eigenvalue weighted by Crippen LogP contribution is 2.28. The number of Topliss-reactive ketones (excluding diaryl/α,β-unsaturated/α-hetero) is 1. The minimum atomic E-state index is -0.806. The Morgan fingerprint density at radius 2 is 1.58 bits per heavy atom. The fourth-order valence-corrected chi connectivity index (χ4v) is 2.68. The van der Waals surface area contributed by atoms with Gasteiger partial charge in [0.25, 0.3) is 5.69 Å². The van der Waals surface area contributed by atoms with Gasteiger partial charge in [0.2, 0.25) is 11.5 Å². The van der Waals surface area contributed by atoms with Crippen LogP contribution in [-0.4, -0.2) is 22.3 Å². The lowest BCUT2D eigenvalue weighted by atomic mass is 9.84. The van der Waals surface area contributed by atoms with Crippen LogP contribution in [0.15, 0.2) is 34.7 Å². The molecule has 8 nitrogen and oxygen atoms in total. The maximum absolute atomic E-state index is 12.5. The molecule has 1 aromatic carbocycles. The number of nitro groups is 1. The molecule has 1 aromatic heterocycles. The molecule has 8 heteroatoms. The number of esters is 1. The van der Waals surface area contributed by atoms with Gasteiger partial charge in [-0.3, -0.25) is 14.9 Å². The number of hydrogen-bond donors (Lipinski definition) is 0. The van der Waals surface area contributed by atoms with Crippen LogP contribution in [0.3, 0.4) is 0 Å². The van der Waals surface area contributed by atoms with Gasteiger partial charge in [0.15, 0.2) is 5.76 Å². The SMILES string of the molecule is CCC(C)(C)C(=O)c1ccc(C(=O)OCc2cccc(COC(C)(C)C)c2[N+](=O)[O-])o1. The topological polar surface area (TPSA) is 109 Å². The van der Waals surface area contributed by atoms with Gasteiger partial charge in [-0.2, -0.15) is 0 Å². The molecule has 0 aliphatic carbocycles. The minimum Gasteiger partial charge on any atom is -0.455 e. The zero-order chi connectivity index (χ0) is 23.4. The molecular weight excluding hydrogens is 402 g/mol. The van der Waals surface area contributed by atoms with Crippen LogP contribution in [0, 0.1) is 15.5 Å². The van der Waals surface area contributed by atoms with Crippen LogP contribution in [-0.2, 0) is 22.7 Å². The number of hydrogen-bond acceptors (Lipinski definition) is 7. The third-order valence-electron chi connectivity index (χ3n) is 4.93. The van der Waals surface area contributed by atoms with E-state index in [1.54, 1.807) is 26.0 Å². The third kappa shape index (κ3) is 6.24. The average Bonchev–Trinajstić information content (AvgIpc) is 3.19. The lowest BCUT2D eigenvalue weighted by Crippen LogP contribution is -2.22. The Bertz CT molecular complexity index is 967. The molecule has 0 saturated heterocycles. The fourth-order valence-electron chi connectivity index (χ4n) is 2.68. The Labute approximate surface area is 181 Å². The molecule has 2 aromatic rings. The summed E-state index contributed by atoms with van der Waals surface area (Å²) in [5.41, 5.74) is -0.601. The summed E-state index contributed by atoms with van der Waals surface area (Å²) in [4.78, 5) is 36.0. The van der Waals surface area contributed by atoms with E-state index in [9.17, 15) is 19.7 Å². The van der Waals surface area contributed by atoms with Crippen LogP contribution in [0.4, 0.5) is 5.69 Å². The van der Waals surface area contributed by atoms with Crippen molar-refractivity contribution in [1.82, 2.24) is 0 Å². The molecule has 0 saturated carbocycles. The second-order valence-corrected chi connectivity index (χ2v) is 8.89. The Kier molecular flexibility index (Phi) is 7.38. The van der Waals surface area contributed by atoms with Crippen molar-refractivity contribution in [2.45, 2.75) is 66.8 Å². The zero-order valence-electron chi connectivity index (χ0n) is 18.8. The van der Waals surface area contributed by atoms with Gasteiger partial charge in [-0.25, -0.2) is 4.79 Å². The van der Waals surface area contributed by atoms with Crippen molar-refractivity contribution in [1.29, 1.82) is 0 Å². The summed E-state index contributed by atoms with van der Waals surface area (Å²) < 4.78 is 16.3. The summed E-state index contributed by atoms with van der Waals surface area (Å²) in [5.74, 6) is -1.08. The van der Waals surface area contributed by atoms with Gasteiger partial charge < -0.3 is 13.9 Å². The molecule has 0 spiro atoms. The van der Waals surface area contributed by atoms with Crippen LogP contribution >= 0.6 is 0 Å². The van der Waals surface area contributed by atoms with Gasteiger partial charge in [0.1, 0.15) is 6.61 Å². The van der Waals surface area contributed by atoms with Crippen molar-refractivity contribution >= 4 is 17.4 Å². The molecule has 0 fully saturated rings. The van der Waals surface area contributed by atoms with E-state index in [2.05, 4.69) is 0 Å². The van der Waals surface area contributed by atoms with Crippen molar-refractivity contribution in [3.63, 3.8) is 0 Å². The molecule has 2 rings (SSSR count). The number of rotatable bonds is 9. The Hall–Kier alpha value is -3.00. The number of furan rings is 1. The number of ether oxygens (including phenoxy) is 2. The standard InChI is InChI=1S/C23H29NO7/c1-7-23(5,6)20(25)17-11-12-18(31-17)21(26)29-13-15-9-8-10-16(19(15)24(27)28)14-30-22(2,3)4/h8-12H,7,13-14H2,1-6H3. The minimum absolute atomic E-state index is 0.0540. The molecule has 0 atom stereocenters. The van der Waals surface area contributed by atoms with Crippen LogP contribution in [0.5, 0.6) is 0 Å². The van der Waals surface area contributed by atoms with Gasteiger partial charge in [-0.05, 0) is 51.5 Å². The third-order valence-corrected chi connectivity index (χ3v) is 4.93.